The molecule has 8 nitrogen and oxygen atoms in total. The van der Waals surface area contributed by atoms with Crippen LogP contribution in [0.5, 0.6) is 0 Å². The molecule has 0 aromatic carbocycles. The van der Waals surface area contributed by atoms with Crippen molar-refractivity contribution in [3.63, 3.8) is 0 Å². The summed E-state index contributed by atoms with van der Waals surface area (Å²) in [6.07, 6.45) is 3.17. The summed E-state index contributed by atoms with van der Waals surface area (Å²) in [5, 5.41) is 6.89. The summed E-state index contributed by atoms with van der Waals surface area (Å²) in [6, 6.07) is 0. The molecule has 1 fully saturated rings. The van der Waals surface area contributed by atoms with Crippen molar-refractivity contribution >= 4 is 32.2 Å². The Morgan fingerprint density at radius 1 is 1.50 bits per heavy atom. The minimum atomic E-state index is -3.36. The third kappa shape index (κ3) is 2.48. The molecular weight excluding hydrogens is 302 g/mol. The lowest BCUT2D eigenvalue weighted by molar-refractivity contribution is 0.410. The van der Waals surface area contributed by atoms with Gasteiger partial charge in [-0.15, -0.1) is 0 Å². The molecule has 2 aromatic rings. The molecule has 0 aliphatic heterocycles. The second-order valence-corrected chi connectivity index (χ2v) is 7.43. The SMILES string of the molecule is Nc1nsc(NCCc2ncon2)c1S(=O)(=O)C1CC1. The van der Waals surface area contributed by atoms with Gasteiger partial charge in [0.25, 0.3) is 0 Å². The van der Waals surface area contributed by atoms with Crippen LogP contribution in [0.15, 0.2) is 15.8 Å². The smallest absolute Gasteiger partial charge is 0.213 e. The summed E-state index contributed by atoms with van der Waals surface area (Å²) in [5.74, 6) is 0.630. The van der Waals surface area contributed by atoms with Crippen molar-refractivity contribution in [3.05, 3.63) is 12.2 Å². The van der Waals surface area contributed by atoms with E-state index in [0.29, 0.717) is 36.6 Å². The average Bonchev–Trinajstić information content (AvgIpc) is 3.03. The Balaban J connectivity index is 1.74. The highest BCUT2D eigenvalue weighted by Gasteiger charge is 2.40. The van der Waals surface area contributed by atoms with Crippen LogP contribution in [-0.2, 0) is 16.3 Å². The molecule has 0 atom stereocenters. The lowest BCUT2D eigenvalue weighted by atomic mass is 10.4. The molecule has 3 rings (SSSR count). The van der Waals surface area contributed by atoms with E-state index in [0.717, 1.165) is 11.5 Å². The van der Waals surface area contributed by atoms with Gasteiger partial charge in [0.1, 0.15) is 9.90 Å². The zero-order valence-electron chi connectivity index (χ0n) is 10.4. The Bertz CT molecular complexity index is 691. The molecule has 1 saturated carbocycles. The normalized spacial score (nSPS) is 15.4. The van der Waals surface area contributed by atoms with Crippen molar-refractivity contribution in [3.8, 4) is 0 Å². The van der Waals surface area contributed by atoms with Crippen LogP contribution in [0.1, 0.15) is 18.7 Å². The number of nitrogens with two attached hydrogens (primary N) is 1. The summed E-state index contributed by atoms with van der Waals surface area (Å²) >= 11 is 1.06. The first kappa shape index (κ1) is 13.3. The van der Waals surface area contributed by atoms with E-state index in [-0.39, 0.29) is 16.0 Å². The summed E-state index contributed by atoms with van der Waals surface area (Å²) < 4.78 is 33.2. The van der Waals surface area contributed by atoms with Gasteiger partial charge in [0.2, 0.25) is 6.39 Å². The number of hydrogen-bond donors (Lipinski definition) is 2. The molecule has 0 radical (unpaired) electrons. The Morgan fingerprint density at radius 2 is 2.30 bits per heavy atom. The first-order valence-corrected chi connectivity index (χ1v) is 8.39. The van der Waals surface area contributed by atoms with Gasteiger partial charge in [-0.05, 0) is 24.4 Å². The highest BCUT2D eigenvalue weighted by atomic mass is 32.2. The van der Waals surface area contributed by atoms with Gasteiger partial charge < -0.3 is 15.6 Å². The fourth-order valence-electron chi connectivity index (χ4n) is 1.82. The largest absolute Gasteiger partial charge is 0.382 e. The van der Waals surface area contributed by atoms with Crippen molar-refractivity contribution in [2.75, 3.05) is 17.6 Å². The zero-order valence-corrected chi connectivity index (χ0v) is 12.1. The third-order valence-electron chi connectivity index (χ3n) is 2.96. The second kappa shape index (κ2) is 5.02. The molecular formula is C10H13N5O3S2. The van der Waals surface area contributed by atoms with Gasteiger partial charge in [-0.3, -0.25) is 0 Å². The predicted octanol–water partition coefficient (Wildman–Crippen LogP) is 0.699. The van der Waals surface area contributed by atoms with Gasteiger partial charge in [-0.25, -0.2) is 8.42 Å². The van der Waals surface area contributed by atoms with Gasteiger partial charge in [-0.2, -0.15) is 9.36 Å². The van der Waals surface area contributed by atoms with Crippen LogP contribution in [0.4, 0.5) is 10.8 Å². The molecule has 2 heterocycles. The Kier molecular flexibility index (Phi) is 3.34. The third-order valence-corrected chi connectivity index (χ3v) is 6.24. The number of nitrogen functional groups attached to an aromatic ring is 1. The van der Waals surface area contributed by atoms with E-state index in [1.54, 1.807) is 0 Å². The summed E-state index contributed by atoms with van der Waals surface area (Å²) in [7, 11) is -3.36. The van der Waals surface area contributed by atoms with Gasteiger partial charge in [0, 0.05) is 13.0 Å². The van der Waals surface area contributed by atoms with Crippen LogP contribution in [-0.4, -0.2) is 34.7 Å². The first-order chi connectivity index (χ1) is 9.59. The van der Waals surface area contributed by atoms with Crippen molar-refractivity contribution in [1.82, 2.24) is 14.5 Å². The van der Waals surface area contributed by atoms with Crippen molar-refractivity contribution in [2.45, 2.75) is 29.4 Å². The van der Waals surface area contributed by atoms with E-state index < -0.39 is 9.84 Å². The number of anilines is 2. The molecule has 3 N–H and O–H groups in total. The molecule has 0 bridgehead atoms. The fraction of sp³-hybridized carbons (Fsp3) is 0.500. The number of rotatable bonds is 6. The van der Waals surface area contributed by atoms with Gasteiger partial charge in [0.15, 0.2) is 21.5 Å². The molecule has 0 amide bonds. The lowest BCUT2D eigenvalue weighted by Crippen LogP contribution is -2.13. The number of sulfone groups is 1. The number of aromatic nitrogens is 3. The summed E-state index contributed by atoms with van der Waals surface area (Å²) in [6.45, 7) is 0.481. The molecule has 108 valence electrons. The maximum Gasteiger partial charge on any atom is 0.213 e. The maximum atomic E-state index is 12.3. The average molecular weight is 315 g/mol. The highest BCUT2D eigenvalue weighted by Crippen LogP contribution is 2.40. The molecule has 1 aliphatic carbocycles. The molecule has 2 aromatic heterocycles. The van der Waals surface area contributed by atoms with E-state index in [2.05, 4.69) is 24.4 Å². The van der Waals surface area contributed by atoms with Gasteiger partial charge in [-0.1, -0.05) is 5.16 Å². The molecule has 1 aliphatic rings. The molecule has 0 spiro atoms. The number of nitrogens with one attached hydrogen (secondary N) is 1. The van der Waals surface area contributed by atoms with Crippen LogP contribution < -0.4 is 11.1 Å². The van der Waals surface area contributed by atoms with Crippen LogP contribution in [0, 0.1) is 0 Å². The molecule has 0 unspecified atom stereocenters. The minimum absolute atomic E-state index is 0.0731. The maximum absolute atomic E-state index is 12.3. The standard InChI is InChI=1S/C10H13N5O3S2/c11-9-8(20(16,17)6-1-2-6)10(19-15-9)12-4-3-7-13-5-18-14-7/h5-6,12H,1-4H2,(H2,11,15). The number of hydrogen-bond acceptors (Lipinski definition) is 9. The number of nitrogens with zero attached hydrogens (tertiary/aromatic N) is 3. The molecule has 10 heteroatoms. The van der Waals surface area contributed by atoms with Crippen LogP contribution >= 0.6 is 11.5 Å². The summed E-state index contributed by atoms with van der Waals surface area (Å²) in [5.41, 5.74) is 5.70. The van der Waals surface area contributed by atoms with Crippen LogP contribution in [0.2, 0.25) is 0 Å². The van der Waals surface area contributed by atoms with E-state index in [1.807, 2.05) is 0 Å². The Labute approximate surface area is 119 Å². The Morgan fingerprint density at radius 3 is 2.95 bits per heavy atom. The van der Waals surface area contributed by atoms with Crippen LogP contribution in [0.3, 0.4) is 0 Å². The quantitative estimate of drug-likeness (QED) is 0.798. The zero-order chi connectivity index (χ0) is 14.2. The fourth-order valence-corrected chi connectivity index (χ4v) is 4.73. The predicted molar refractivity (Wildman–Crippen MR) is 73.2 cm³/mol. The molecule has 20 heavy (non-hydrogen) atoms. The van der Waals surface area contributed by atoms with E-state index >= 15 is 0 Å². The monoisotopic (exact) mass is 315 g/mol. The second-order valence-electron chi connectivity index (χ2n) is 4.49. The van der Waals surface area contributed by atoms with Crippen molar-refractivity contribution in [2.24, 2.45) is 0 Å². The van der Waals surface area contributed by atoms with E-state index in [9.17, 15) is 8.42 Å². The topological polar surface area (TPSA) is 124 Å². The molecule has 0 saturated heterocycles. The lowest BCUT2D eigenvalue weighted by Gasteiger charge is -2.06. The first-order valence-electron chi connectivity index (χ1n) is 6.07. The van der Waals surface area contributed by atoms with Gasteiger partial charge in [0.05, 0.1) is 5.25 Å². The highest BCUT2D eigenvalue weighted by molar-refractivity contribution is 7.92. The minimum Gasteiger partial charge on any atom is -0.382 e. The summed E-state index contributed by atoms with van der Waals surface area (Å²) in [4.78, 5) is 4.03. The van der Waals surface area contributed by atoms with Crippen molar-refractivity contribution in [1.29, 1.82) is 0 Å². The Hall–Kier alpha value is -1.68. The van der Waals surface area contributed by atoms with E-state index in [1.165, 1.54) is 6.39 Å². The van der Waals surface area contributed by atoms with Gasteiger partial charge >= 0.3 is 0 Å². The van der Waals surface area contributed by atoms with E-state index in [4.69, 9.17) is 5.73 Å². The van der Waals surface area contributed by atoms with Crippen molar-refractivity contribution < 1.29 is 12.9 Å². The van der Waals surface area contributed by atoms with Crippen LogP contribution in [0.25, 0.3) is 0 Å².